The molecule has 0 spiro atoms. The van der Waals surface area contributed by atoms with Gasteiger partial charge in [-0.15, -0.1) is 24.0 Å². The molecule has 1 amide bonds. The number of nitrogens with one attached hydrogen (secondary N) is 1. The molecule has 5 nitrogen and oxygen atoms in total. The molecule has 1 saturated heterocycles. The maximum absolute atomic E-state index is 12.6. The molecule has 3 rings (SSSR count). The number of amides is 1. The predicted molar refractivity (Wildman–Crippen MR) is 126 cm³/mol. The molecular formula is C22H35IN4O. The number of carbonyl (C=O) groups excluding carboxylic acids is 1. The molecular weight excluding hydrogens is 463 g/mol. The Balaban J connectivity index is 0.00000280. The summed E-state index contributed by atoms with van der Waals surface area (Å²) in [6.07, 6.45) is 3.56. The minimum Gasteiger partial charge on any atom is -0.357 e. The number of guanidine groups is 1. The van der Waals surface area contributed by atoms with Crippen LogP contribution < -0.4 is 5.32 Å². The van der Waals surface area contributed by atoms with Crippen LogP contribution in [0.4, 0.5) is 0 Å². The Morgan fingerprint density at radius 1 is 1.18 bits per heavy atom. The third-order valence-corrected chi connectivity index (χ3v) is 5.61. The van der Waals surface area contributed by atoms with Crippen LogP contribution in [0.3, 0.4) is 0 Å². The summed E-state index contributed by atoms with van der Waals surface area (Å²) in [5.41, 5.74) is 3.03. The Kier molecular flexibility index (Phi) is 8.58. The minimum absolute atomic E-state index is 0. The zero-order chi connectivity index (χ0) is 19.3. The van der Waals surface area contributed by atoms with E-state index < -0.39 is 0 Å². The van der Waals surface area contributed by atoms with Crippen molar-refractivity contribution >= 4 is 35.8 Å². The Morgan fingerprint density at radius 3 is 2.61 bits per heavy atom. The van der Waals surface area contributed by atoms with Crippen LogP contribution in [0.2, 0.25) is 0 Å². The number of halogens is 1. The van der Waals surface area contributed by atoms with Gasteiger partial charge in [0.25, 0.3) is 0 Å². The second-order valence-electron chi connectivity index (χ2n) is 8.51. The largest absolute Gasteiger partial charge is 0.357 e. The first kappa shape index (κ1) is 23.0. The van der Waals surface area contributed by atoms with E-state index in [4.69, 9.17) is 4.99 Å². The topological polar surface area (TPSA) is 47.9 Å². The van der Waals surface area contributed by atoms with Gasteiger partial charge in [-0.3, -0.25) is 9.79 Å². The first-order chi connectivity index (χ1) is 13.0. The number of rotatable bonds is 5. The fourth-order valence-corrected chi connectivity index (χ4v) is 4.00. The lowest BCUT2D eigenvalue weighted by Crippen LogP contribution is -2.40. The lowest BCUT2D eigenvalue weighted by molar-refractivity contribution is -0.132. The van der Waals surface area contributed by atoms with E-state index >= 15 is 0 Å². The lowest BCUT2D eigenvalue weighted by Gasteiger charge is -2.29. The zero-order valence-electron chi connectivity index (χ0n) is 17.5. The van der Waals surface area contributed by atoms with Gasteiger partial charge in [0.2, 0.25) is 5.91 Å². The van der Waals surface area contributed by atoms with Gasteiger partial charge in [-0.2, -0.15) is 0 Å². The maximum Gasteiger partial charge on any atom is 0.222 e. The Morgan fingerprint density at radius 2 is 1.93 bits per heavy atom. The van der Waals surface area contributed by atoms with Gasteiger partial charge in [-0.05, 0) is 42.7 Å². The summed E-state index contributed by atoms with van der Waals surface area (Å²) in [6, 6.07) is 8.45. The molecule has 0 unspecified atom stereocenters. The van der Waals surface area contributed by atoms with Crippen molar-refractivity contribution in [3.05, 3.63) is 35.4 Å². The van der Waals surface area contributed by atoms with Crippen molar-refractivity contribution in [1.82, 2.24) is 15.1 Å². The van der Waals surface area contributed by atoms with E-state index in [2.05, 4.69) is 55.3 Å². The zero-order valence-corrected chi connectivity index (χ0v) is 19.9. The van der Waals surface area contributed by atoms with Crippen LogP contribution in [0.25, 0.3) is 0 Å². The monoisotopic (exact) mass is 498 g/mol. The van der Waals surface area contributed by atoms with E-state index in [0.717, 1.165) is 51.5 Å². The van der Waals surface area contributed by atoms with Gasteiger partial charge >= 0.3 is 0 Å². The number of nitrogens with zero attached hydrogens (tertiary/aromatic N) is 3. The third kappa shape index (κ3) is 6.09. The van der Waals surface area contributed by atoms with Crippen molar-refractivity contribution in [3.8, 4) is 0 Å². The van der Waals surface area contributed by atoms with Crippen LogP contribution in [0.5, 0.6) is 0 Å². The van der Waals surface area contributed by atoms with Gasteiger partial charge in [-0.25, -0.2) is 0 Å². The van der Waals surface area contributed by atoms with Crippen LogP contribution in [0.1, 0.15) is 51.2 Å². The fraction of sp³-hybridized carbons (Fsp3) is 0.636. The molecule has 0 aromatic heterocycles. The average Bonchev–Trinajstić information content (AvgIpc) is 3.03. The molecule has 1 aromatic carbocycles. The maximum atomic E-state index is 12.6. The number of aliphatic imine (C=N–C) groups is 1. The standard InChI is InChI=1S/C22H34N4O.HI/c1-4-23-21(26-15-12-22(2,3)17-26)24-13-7-10-20(27)25-14-11-18-8-5-6-9-19(18)16-25;/h5-6,8-9H,4,7,10-17H2,1-3H3,(H,23,24);1H. The van der Waals surface area contributed by atoms with Crippen molar-refractivity contribution in [2.75, 3.05) is 32.7 Å². The molecule has 0 atom stereocenters. The number of fused-ring (bicyclic) bond motifs is 1. The number of benzene rings is 1. The van der Waals surface area contributed by atoms with E-state index in [1.54, 1.807) is 0 Å². The van der Waals surface area contributed by atoms with Gasteiger partial charge in [0.1, 0.15) is 0 Å². The van der Waals surface area contributed by atoms with Crippen molar-refractivity contribution in [2.24, 2.45) is 10.4 Å². The van der Waals surface area contributed by atoms with Gasteiger partial charge in [0.05, 0.1) is 0 Å². The predicted octanol–water partition coefficient (Wildman–Crippen LogP) is 3.67. The van der Waals surface area contributed by atoms with E-state index in [9.17, 15) is 4.79 Å². The average molecular weight is 498 g/mol. The summed E-state index contributed by atoms with van der Waals surface area (Å²) in [6.45, 7) is 12.0. The summed E-state index contributed by atoms with van der Waals surface area (Å²) < 4.78 is 0. The minimum atomic E-state index is 0. The molecule has 1 fully saturated rings. The molecule has 0 aliphatic carbocycles. The van der Waals surface area contributed by atoms with Gasteiger partial charge in [0, 0.05) is 45.7 Å². The summed E-state index contributed by atoms with van der Waals surface area (Å²) in [4.78, 5) is 21.7. The summed E-state index contributed by atoms with van der Waals surface area (Å²) in [7, 11) is 0. The van der Waals surface area contributed by atoms with Gasteiger partial charge < -0.3 is 15.1 Å². The highest BCUT2D eigenvalue weighted by atomic mass is 127. The second-order valence-corrected chi connectivity index (χ2v) is 8.51. The number of likely N-dealkylation sites (tertiary alicyclic amines) is 1. The van der Waals surface area contributed by atoms with E-state index in [1.165, 1.54) is 17.5 Å². The highest BCUT2D eigenvalue weighted by Crippen LogP contribution is 2.28. The van der Waals surface area contributed by atoms with Crippen LogP contribution in [-0.2, 0) is 17.8 Å². The van der Waals surface area contributed by atoms with Crippen molar-refractivity contribution in [1.29, 1.82) is 0 Å². The van der Waals surface area contributed by atoms with E-state index in [-0.39, 0.29) is 29.9 Å². The van der Waals surface area contributed by atoms with Crippen LogP contribution in [0.15, 0.2) is 29.3 Å². The molecule has 0 saturated carbocycles. The molecule has 0 bridgehead atoms. The lowest BCUT2D eigenvalue weighted by atomic mass is 9.93. The van der Waals surface area contributed by atoms with Crippen LogP contribution in [0, 0.1) is 5.41 Å². The Labute approximate surface area is 187 Å². The molecule has 2 aliphatic rings. The molecule has 28 heavy (non-hydrogen) atoms. The second kappa shape index (κ2) is 10.5. The van der Waals surface area contributed by atoms with Crippen LogP contribution in [-0.4, -0.2) is 54.4 Å². The summed E-state index contributed by atoms with van der Waals surface area (Å²) in [5, 5.41) is 3.41. The third-order valence-electron chi connectivity index (χ3n) is 5.61. The summed E-state index contributed by atoms with van der Waals surface area (Å²) in [5.74, 6) is 1.26. The van der Waals surface area contributed by atoms with Crippen molar-refractivity contribution < 1.29 is 4.79 Å². The quantitative estimate of drug-likeness (QED) is 0.292. The number of carbonyl (C=O) groups is 1. The van der Waals surface area contributed by atoms with Crippen molar-refractivity contribution in [2.45, 2.75) is 53.0 Å². The molecule has 2 aliphatic heterocycles. The molecule has 0 radical (unpaired) electrons. The molecule has 1 aromatic rings. The molecule has 2 heterocycles. The Hall–Kier alpha value is -1.31. The molecule has 6 heteroatoms. The van der Waals surface area contributed by atoms with Crippen LogP contribution >= 0.6 is 24.0 Å². The van der Waals surface area contributed by atoms with E-state index in [1.807, 2.05) is 4.90 Å². The van der Waals surface area contributed by atoms with Crippen molar-refractivity contribution in [3.63, 3.8) is 0 Å². The number of hydrogen-bond acceptors (Lipinski definition) is 2. The first-order valence-electron chi connectivity index (χ1n) is 10.4. The summed E-state index contributed by atoms with van der Waals surface area (Å²) >= 11 is 0. The van der Waals surface area contributed by atoms with Gasteiger partial charge in [-0.1, -0.05) is 38.1 Å². The normalized spacial score (nSPS) is 18.5. The molecule has 1 N–H and O–H groups in total. The number of hydrogen-bond donors (Lipinski definition) is 1. The first-order valence-corrected chi connectivity index (χ1v) is 10.4. The Bertz CT molecular complexity index is 689. The highest BCUT2D eigenvalue weighted by molar-refractivity contribution is 14.0. The SMILES string of the molecule is CCNC(=NCCCC(=O)N1CCc2ccccc2C1)N1CCC(C)(C)C1.I. The van der Waals surface area contributed by atoms with E-state index in [0.29, 0.717) is 18.4 Å². The van der Waals surface area contributed by atoms with Gasteiger partial charge in [0.15, 0.2) is 5.96 Å². The fourth-order valence-electron chi connectivity index (χ4n) is 4.00. The highest BCUT2D eigenvalue weighted by Gasteiger charge is 2.30. The molecule has 156 valence electrons. The smallest absolute Gasteiger partial charge is 0.222 e.